The summed E-state index contributed by atoms with van der Waals surface area (Å²) in [6.07, 6.45) is 0.557. The van der Waals surface area contributed by atoms with E-state index in [1.165, 1.54) is 12.1 Å². The van der Waals surface area contributed by atoms with Gasteiger partial charge in [-0.2, -0.15) is 0 Å². The average Bonchev–Trinajstić information content (AvgIpc) is 2.82. The summed E-state index contributed by atoms with van der Waals surface area (Å²) < 4.78 is 1.55. The van der Waals surface area contributed by atoms with Crippen LogP contribution in [0, 0.1) is 5.92 Å². The molecule has 0 fully saturated rings. The minimum atomic E-state index is -1.09. The van der Waals surface area contributed by atoms with Crippen LogP contribution in [0.5, 0.6) is 0 Å². The largest absolute Gasteiger partial charge is 0.478 e. The standard InChI is InChI=1S/C15H17N3O4/c1-9(2)7-12-13(15(21)22)16-17-18(12)8-10-3-5-11(6-4-10)14(19)20/h3-6,9H,7-8H2,1-2H3,(H,19,20)(H,21,22). The van der Waals surface area contributed by atoms with Crippen molar-refractivity contribution >= 4 is 11.9 Å². The van der Waals surface area contributed by atoms with Crippen LogP contribution in [0.2, 0.25) is 0 Å². The molecule has 0 aliphatic carbocycles. The molecule has 1 aromatic heterocycles. The van der Waals surface area contributed by atoms with Crippen molar-refractivity contribution in [1.29, 1.82) is 0 Å². The smallest absolute Gasteiger partial charge is 0.358 e. The van der Waals surface area contributed by atoms with Gasteiger partial charge in [-0.3, -0.25) is 0 Å². The van der Waals surface area contributed by atoms with Crippen molar-refractivity contribution in [2.75, 3.05) is 0 Å². The van der Waals surface area contributed by atoms with Crippen molar-refractivity contribution in [1.82, 2.24) is 15.0 Å². The molecule has 0 saturated heterocycles. The number of carboxylic acids is 2. The number of aromatic carboxylic acids is 2. The molecule has 7 nitrogen and oxygen atoms in total. The van der Waals surface area contributed by atoms with Gasteiger partial charge >= 0.3 is 11.9 Å². The molecule has 1 aromatic carbocycles. The number of rotatable bonds is 6. The highest BCUT2D eigenvalue weighted by Crippen LogP contribution is 2.14. The fraction of sp³-hybridized carbons (Fsp3) is 0.333. The average molecular weight is 303 g/mol. The summed E-state index contributed by atoms with van der Waals surface area (Å²) in [5.74, 6) is -1.81. The molecular formula is C15H17N3O4. The van der Waals surface area contributed by atoms with Gasteiger partial charge in [0.2, 0.25) is 0 Å². The fourth-order valence-corrected chi connectivity index (χ4v) is 2.14. The highest BCUT2D eigenvalue weighted by Gasteiger charge is 2.19. The lowest BCUT2D eigenvalue weighted by Gasteiger charge is -2.09. The highest BCUT2D eigenvalue weighted by atomic mass is 16.4. The van der Waals surface area contributed by atoms with Crippen LogP contribution in [0.1, 0.15) is 46.0 Å². The molecule has 0 amide bonds. The molecule has 0 aliphatic heterocycles. The van der Waals surface area contributed by atoms with Crippen LogP contribution in [0.3, 0.4) is 0 Å². The van der Waals surface area contributed by atoms with Gasteiger partial charge in [0.15, 0.2) is 5.69 Å². The van der Waals surface area contributed by atoms with Gasteiger partial charge in [0.1, 0.15) is 0 Å². The van der Waals surface area contributed by atoms with Gasteiger partial charge in [0.25, 0.3) is 0 Å². The summed E-state index contributed by atoms with van der Waals surface area (Å²) in [7, 11) is 0. The topological polar surface area (TPSA) is 105 Å². The number of hydrogen-bond donors (Lipinski definition) is 2. The summed E-state index contributed by atoms with van der Waals surface area (Å²) in [6.45, 7) is 4.33. The van der Waals surface area contributed by atoms with Gasteiger partial charge in [-0.1, -0.05) is 31.2 Å². The van der Waals surface area contributed by atoms with Gasteiger partial charge in [0.05, 0.1) is 17.8 Å². The fourth-order valence-electron chi connectivity index (χ4n) is 2.14. The number of aromatic nitrogens is 3. The highest BCUT2D eigenvalue weighted by molar-refractivity contribution is 5.87. The lowest BCUT2D eigenvalue weighted by Crippen LogP contribution is -2.12. The van der Waals surface area contributed by atoms with E-state index in [1.807, 2.05) is 13.8 Å². The summed E-state index contributed by atoms with van der Waals surface area (Å²) in [5, 5.41) is 25.7. The Kier molecular flexibility index (Phi) is 4.55. The van der Waals surface area contributed by atoms with Crippen molar-refractivity contribution < 1.29 is 19.8 Å². The summed E-state index contributed by atoms with van der Waals surface area (Å²) in [5.41, 5.74) is 1.58. The molecular weight excluding hydrogens is 286 g/mol. The Morgan fingerprint density at radius 3 is 2.27 bits per heavy atom. The van der Waals surface area contributed by atoms with Gasteiger partial charge in [-0.15, -0.1) is 5.10 Å². The van der Waals surface area contributed by atoms with E-state index in [4.69, 9.17) is 5.11 Å². The predicted octanol–water partition coefficient (Wildman–Crippen LogP) is 1.92. The second kappa shape index (κ2) is 6.38. The first-order valence-corrected chi connectivity index (χ1v) is 6.86. The minimum Gasteiger partial charge on any atom is -0.478 e. The van der Waals surface area contributed by atoms with Crippen LogP contribution in [0.4, 0.5) is 0 Å². The van der Waals surface area contributed by atoms with E-state index in [0.29, 0.717) is 18.7 Å². The second-order valence-corrected chi connectivity index (χ2v) is 5.45. The van der Waals surface area contributed by atoms with E-state index >= 15 is 0 Å². The molecule has 0 atom stereocenters. The maximum atomic E-state index is 11.2. The zero-order valence-corrected chi connectivity index (χ0v) is 12.4. The molecule has 0 unspecified atom stereocenters. The summed E-state index contributed by atoms with van der Waals surface area (Å²) in [6, 6.07) is 6.39. The van der Waals surface area contributed by atoms with Crippen LogP contribution >= 0.6 is 0 Å². The van der Waals surface area contributed by atoms with Crippen LogP contribution in [0.25, 0.3) is 0 Å². The van der Waals surface area contributed by atoms with Crippen LogP contribution in [0.15, 0.2) is 24.3 Å². The summed E-state index contributed by atoms with van der Waals surface area (Å²) in [4.78, 5) is 22.0. The van der Waals surface area contributed by atoms with E-state index < -0.39 is 11.9 Å². The third kappa shape index (κ3) is 3.49. The molecule has 116 valence electrons. The Hall–Kier alpha value is -2.70. The van der Waals surface area contributed by atoms with Crippen molar-refractivity contribution in [2.45, 2.75) is 26.8 Å². The van der Waals surface area contributed by atoms with Crippen molar-refractivity contribution in [3.63, 3.8) is 0 Å². The van der Waals surface area contributed by atoms with Crippen LogP contribution in [-0.2, 0) is 13.0 Å². The lowest BCUT2D eigenvalue weighted by atomic mass is 10.1. The van der Waals surface area contributed by atoms with E-state index in [9.17, 15) is 14.7 Å². The number of hydrogen-bond acceptors (Lipinski definition) is 4. The van der Waals surface area contributed by atoms with Crippen molar-refractivity contribution in [3.8, 4) is 0 Å². The number of carbonyl (C=O) groups is 2. The zero-order chi connectivity index (χ0) is 16.3. The first kappa shape index (κ1) is 15.7. The Balaban J connectivity index is 2.28. The molecule has 2 rings (SSSR count). The van der Waals surface area contributed by atoms with Crippen LogP contribution in [-0.4, -0.2) is 37.1 Å². The molecule has 7 heteroatoms. The Morgan fingerprint density at radius 1 is 1.14 bits per heavy atom. The predicted molar refractivity (Wildman–Crippen MR) is 78.0 cm³/mol. The first-order valence-electron chi connectivity index (χ1n) is 6.86. The second-order valence-electron chi connectivity index (χ2n) is 5.45. The minimum absolute atomic E-state index is 0.0316. The van der Waals surface area contributed by atoms with Crippen molar-refractivity contribution in [2.24, 2.45) is 5.92 Å². The van der Waals surface area contributed by atoms with Gasteiger partial charge in [0, 0.05) is 0 Å². The maximum Gasteiger partial charge on any atom is 0.358 e. The van der Waals surface area contributed by atoms with Crippen LogP contribution < -0.4 is 0 Å². The molecule has 1 heterocycles. The Bertz CT molecular complexity index is 689. The maximum absolute atomic E-state index is 11.2. The Morgan fingerprint density at radius 2 is 1.77 bits per heavy atom. The third-order valence-electron chi connectivity index (χ3n) is 3.18. The molecule has 2 N–H and O–H groups in total. The number of carboxylic acid groups (broad SMARTS) is 2. The van der Waals surface area contributed by atoms with Crippen molar-refractivity contribution in [3.05, 3.63) is 46.8 Å². The number of benzene rings is 1. The first-order chi connectivity index (χ1) is 10.4. The molecule has 2 aromatic rings. The van der Waals surface area contributed by atoms with Gasteiger partial charge in [-0.25, -0.2) is 14.3 Å². The molecule has 22 heavy (non-hydrogen) atoms. The number of nitrogens with zero attached hydrogens (tertiary/aromatic N) is 3. The molecule has 0 radical (unpaired) electrons. The third-order valence-corrected chi connectivity index (χ3v) is 3.18. The Labute approximate surface area is 127 Å². The molecule has 0 spiro atoms. The van der Waals surface area contributed by atoms with E-state index in [1.54, 1.807) is 16.8 Å². The SMILES string of the molecule is CC(C)Cc1c(C(=O)O)nnn1Cc1ccc(C(=O)O)cc1. The molecule has 0 aliphatic rings. The zero-order valence-electron chi connectivity index (χ0n) is 12.4. The van der Waals surface area contributed by atoms with Gasteiger partial charge in [-0.05, 0) is 30.0 Å². The monoisotopic (exact) mass is 303 g/mol. The van der Waals surface area contributed by atoms with E-state index in [-0.39, 0.29) is 17.2 Å². The molecule has 0 saturated carbocycles. The lowest BCUT2D eigenvalue weighted by molar-refractivity contribution is 0.0681. The quantitative estimate of drug-likeness (QED) is 0.844. The van der Waals surface area contributed by atoms with E-state index in [0.717, 1.165) is 5.56 Å². The summed E-state index contributed by atoms with van der Waals surface area (Å²) >= 11 is 0. The molecule has 0 bridgehead atoms. The van der Waals surface area contributed by atoms with Gasteiger partial charge < -0.3 is 10.2 Å². The normalized spacial score (nSPS) is 10.9. The van der Waals surface area contributed by atoms with E-state index in [2.05, 4.69) is 10.3 Å².